The van der Waals surface area contributed by atoms with E-state index in [2.05, 4.69) is 4.72 Å². The summed E-state index contributed by atoms with van der Waals surface area (Å²) in [6.45, 7) is 1.91. The minimum Gasteiger partial charge on any atom is -0.478 e. The van der Waals surface area contributed by atoms with E-state index in [1.54, 1.807) is 6.92 Å². The van der Waals surface area contributed by atoms with Gasteiger partial charge in [-0.15, -0.1) is 0 Å². The second kappa shape index (κ2) is 7.51. The molecule has 2 N–H and O–H groups in total. The topological polar surface area (TPSA) is 101 Å². The summed E-state index contributed by atoms with van der Waals surface area (Å²) in [6.07, 6.45) is 0. The van der Waals surface area contributed by atoms with Crippen LogP contribution in [0, 0.1) is 0 Å². The van der Waals surface area contributed by atoms with E-state index in [0.29, 0.717) is 11.3 Å². The maximum atomic E-state index is 11.8. The zero-order valence-corrected chi connectivity index (χ0v) is 12.7. The molecule has 0 spiro atoms. The number of carboxylic acids is 1. The first-order valence-corrected chi connectivity index (χ1v) is 9.12. The number of hydrogen-bond acceptors (Lipinski definition) is 4. The van der Waals surface area contributed by atoms with Crippen molar-refractivity contribution in [2.45, 2.75) is 12.7 Å². The Hall–Kier alpha value is -1.25. The molecule has 0 radical (unpaired) electrons. The van der Waals surface area contributed by atoms with E-state index in [1.807, 2.05) is 0 Å². The number of hydrogen-bond donors (Lipinski definition) is 2. The summed E-state index contributed by atoms with van der Waals surface area (Å²) in [5, 5.41) is 8.74. The molecule has 1 unspecified atom stereocenters. The molecule has 112 valence electrons. The maximum Gasteiger partial charge on any atom is 0.335 e. The number of carboxylic acid groups (broad SMARTS) is 1. The predicted molar refractivity (Wildman–Crippen MR) is 77.6 cm³/mol. The van der Waals surface area contributed by atoms with Gasteiger partial charge in [0.2, 0.25) is 10.0 Å². The van der Waals surface area contributed by atoms with Crippen molar-refractivity contribution >= 4 is 26.8 Å². The van der Waals surface area contributed by atoms with Crippen LogP contribution in [0.3, 0.4) is 0 Å². The predicted octanol–water partition coefficient (Wildman–Crippen LogP) is 0.573. The van der Waals surface area contributed by atoms with E-state index in [1.165, 1.54) is 24.3 Å². The summed E-state index contributed by atoms with van der Waals surface area (Å²) in [4.78, 5) is 10.7. The zero-order valence-electron chi connectivity index (χ0n) is 11.0. The van der Waals surface area contributed by atoms with Crippen LogP contribution in [0.25, 0.3) is 0 Å². The lowest BCUT2D eigenvalue weighted by atomic mass is 10.1. The largest absolute Gasteiger partial charge is 0.478 e. The van der Waals surface area contributed by atoms with Crippen LogP contribution in [0.4, 0.5) is 0 Å². The van der Waals surface area contributed by atoms with Gasteiger partial charge in [-0.25, -0.2) is 17.9 Å². The van der Waals surface area contributed by atoms with Crippen LogP contribution < -0.4 is 4.72 Å². The van der Waals surface area contributed by atoms with Gasteiger partial charge in [-0.1, -0.05) is 19.1 Å². The summed E-state index contributed by atoms with van der Waals surface area (Å²) in [5.74, 6) is -0.503. The summed E-state index contributed by atoms with van der Waals surface area (Å²) in [6, 6.07) is 5.65. The van der Waals surface area contributed by atoms with Gasteiger partial charge in [0.1, 0.15) is 0 Å². The molecule has 0 aliphatic heterocycles. The molecule has 0 aliphatic rings. The molecular weight excluding hydrogens is 302 g/mol. The van der Waals surface area contributed by atoms with E-state index < -0.39 is 26.8 Å². The van der Waals surface area contributed by atoms with Crippen molar-refractivity contribution in [2.24, 2.45) is 0 Å². The Kier molecular flexibility index (Phi) is 6.31. The monoisotopic (exact) mass is 319 g/mol. The Labute approximate surface area is 120 Å². The van der Waals surface area contributed by atoms with E-state index in [4.69, 9.17) is 5.11 Å². The van der Waals surface area contributed by atoms with Gasteiger partial charge >= 0.3 is 5.97 Å². The molecule has 0 fully saturated rings. The molecule has 20 heavy (non-hydrogen) atoms. The van der Waals surface area contributed by atoms with E-state index >= 15 is 0 Å². The fourth-order valence-electron chi connectivity index (χ4n) is 1.47. The third kappa shape index (κ3) is 5.81. The molecule has 1 atom stereocenters. The molecule has 0 saturated carbocycles. The summed E-state index contributed by atoms with van der Waals surface area (Å²) < 4.78 is 37.1. The number of rotatable bonds is 8. The number of sulfonamides is 1. The SMILES string of the molecule is CCS(=O)CCNS(=O)(=O)Cc1ccc(C(=O)O)cc1. The molecule has 1 aromatic carbocycles. The molecule has 0 aromatic heterocycles. The van der Waals surface area contributed by atoms with Crippen molar-refractivity contribution in [3.63, 3.8) is 0 Å². The van der Waals surface area contributed by atoms with Crippen molar-refractivity contribution in [2.75, 3.05) is 18.1 Å². The van der Waals surface area contributed by atoms with Crippen LogP contribution in [-0.2, 0) is 26.6 Å². The van der Waals surface area contributed by atoms with Crippen LogP contribution in [-0.4, -0.2) is 41.8 Å². The lowest BCUT2D eigenvalue weighted by molar-refractivity contribution is 0.0697. The average Bonchev–Trinajstić information content (AvgIpc) is 2.38. The molecule has 0 aliphatic carbocycles. The highest BCUT2D eigenvalue weighted by molar-refractivity contribution is 7.88. The molecule has 0 amide bonds. The second-order valence-electron chi connectivity index (χ2n) is 4.09. The van der Waals surface area contributed by atoms with Crippen LogP contribution in [0.5, 0.6) is 0 Å². The fourth-order valence-corrected chi connectivity index (χ4v) is 3.36. The summed E-state index contributed by atoms with van der Waals surface area (Å²) in [7, 11) is -4.51. The van der Waals surface area contributed by atoms with Crippen molar-refractivity contribution in [1.82, 2.24) is 4.72 Å². The number of benzene rings is 1. The molecular formula is C12H17NO5S2. The van der Waals surface area contributed by atoms with Crippen LogP contribution in [0.1, 0.15) is 22.8 Å². The first-order valence-electron chi connectivity index (χ1n) is 5.98. The Bertz CT molecular complexity index is 580. The summed E-state index contributed by atoms with van der Waals surface area (Å²) >= 11 is 0. The van der Waals surface area contributed by atoms with Crippen LogP contribution >= 0.6 is 0 Å². The van der Waals surface area contributed by atoms with Crippen molar-refractivity contribution in [1.29, 1.82) is 0 Å². The highest BCUT2D eigenvalue weighted by Crippen LogP contribution is 2.07. The number of carbonyl (C=O) groups is 1. The standard InChI is InChI=1S/C12H17NO5S2/c1-2-19(16)8-7-13-20(17,18)9-10-3-5-11(6-4-10)12(14)15/h3-6,13H,2,7-9H2,1H3,(H,14,15). The van der Waals surface area contributed by atoms with Gasteiger partial charge in [0.05, 0.1) is 11.3 Å². The third-order valence-electron chi connectivity index (χ3n) is 2.53. The molecule has 1 rings (SSSR count). The fraction of sp³-hybridized carbons (Fsp3) is 0.417. The Morgan fingerprint density at radius 1 is 1.30 bits per heavy atom. The minimum absolute atomic E-state index is 0.109. The van der Waals surface area contributed by atoms with Gasteiger partial charge < -0.3 is 5.11 Å². The Balaban J connectivity index is 2.57. The van der Waals surface area contributed by atoms with Gasteiger partial charge in [0.15, 0.2) is 0 Å². The molecule has 6 nitrogen and oxygen atoms in total. The van der Waals surface area contributed by atoms with Crippen LogP contribution in [0.2, 0.25) is 0 Å². The maximum absolute atomic E-state index is 11.8. The molecule has 8 heteroatoms. The van der Waals surface area contributed by atoms with Gasteiger partial charge in [-0.3, -0.25) is 4.21 Å². The molecule has 0 heterocycles. The molecule has 1 aromatic rings. The van der Waals surface area contributed by atoms with E-state index in [-0.39, 0.29) is 23.6 Å². The van der Waals surface area contributed by atoms with Crippen molar-refractivity contribution in [3.05, 3.63) is 35.4 Å². The van der Waals surface area contributed by atoms with Gasteiger partial charge in [-0.2, -0.15) is 0 Å². The van der Waals surface area contributed by atoms with Crippen molar-refractivity contribution in [3.8, 4) is 0 Å². The number of aromatic carboxylic acids is 1. The van der Waals surface area contributed by atoms with Gasteiger partial charge in [0.25, 0.3) is 0 Å². The third-order valence-corrected chi connectivity index (χ3v) is 5.19. The first-order chi connectivity index (χ1) is 9.34. The zero-order chi connectivity index (χ0) is 15.2. The highest BCUT2D eigenvalue weighted by atomic mass is 32.2. The minimum atomic E-state index is -3.50. The number of nitrogens with one attached hydrogen (secondary N) is 1. The average molecular weight is 319 g/mol. The van der Waals surface area contributed by atoms with E-state index in [9.17, 15) is 17.4 Å². The highest BCUT2D eigenvalue weighted by Gasteiger charge is 2.12. The normalized spacial score (nSPS) is 13.1. The van der Waals surface area contributed by atoms with Crippen molar-refractivity contribution < 1.29 is 22.5 Å². The Morgan fingerprint density at radius 3 is 2.40 bits per heavy atom. The van der Waals surface area contributed by atoms with Crippen LogP contribution in [0.15, 0.2) is 24.3 Å². The second-order valence-corrected chi connectivity index (χ2v) is 7.76. The smallest absolute Gasteiger partial charge is 0.335 e. The summed E-state index contributed by atoms with van der Waals surface area (Å²) in [5.41, 5.74) is 0.608. The molecule has 0 bridgehead atoms. The lowest BCUT2D eigenvalue weighted by Gasteiger charge is -2.06. The molecule has 0 saturated heterocycles. The Morgan fingerprint density at radius 2 is 1.90 bits per heavy atom. The van der Waals surface area contributed by atoms with E-state index in [0.717, 1.165) is 0 Å². The quantitative estimate of drug-likeness (QED) is 0.730. The van der Waals surface area contributed by atoms with Gasteiger partial charge in [0, 0.05) is 28.9 Å². The first kappa shape index (κ1) is 16.8. The lowest BCUT2D eigenvalue weighted by Crippen LogP contribution is -2.29. The van der Waals surface area contributed by atoms with Gasteiger partial charge in [-0.05, 0) is 17.7 Å².